The van der Waals surface area contributed by atoms with Crippen molar-refractivity contribution in [3.63, 3.8) is 0 Å². The first-order valence-electron chi connectivity index (χ1n) is 6.57. The van der Waals surface area contributed by atoms with Crippen molar-refractivity contribution in [2.75, 3.05) is 13.2 Å². The second-order valence-electron chi connectivity index (χ2n) is 6.37. The molecule has 1 aliphatic heterocycles. The smallest absolute Gasteiger partial charge is 0.0913 e. The Labute approximate surface area is 91.8 Å². The molecule has 0 radical (unpaired) electrons. The van der Waals surface area contributed by atoms with E-state index in [9.17, 15) is 0 Å². The molecule has 0 aromatic rings. The van der Waals surface area contributed by atoms with Gasteiger partial charge in [0.15, 0.2) is 0 Å². The summed E-state index contributed by atoms with van der Waals surface area (Å²) in [6.45, 7) is 2.12. The van der Waals surface area contributed by atoms with Crippen molar-refractivity contribution >= 4 is 6.21 Å². The summed E-state index contributed by atoms with van der Waals surface area (Å²) in [5, 5.41) is 0. The summed E-state index contributed by atoms with van der Waals surface area (Å²) < 4.78 is 0. The predicted molar refractivity (Wildman–Crippen MR) is 61.0 cm³/mol. The fraction of sp³-hybridized carbons (Fsp3) is 0.923. The zero-order chi connectivity index (χ0) is 9.88. The van der Waals surface area contributed by atoms with Crippen molar-refractivity contribution in [3.05, 3.63) is 0 Å². The van der Waals surface area contributed by atoms with Crippen LogP contribution in [0.5, 0.6) is 0 Å². The molecule has 0 amide bonds. The van der Waals surface area contributed by atoms with E-state index in [1.165, 1.54) is 19.3 Å². The van der Waals surface area contributed by atoms with Gasteiger partial charge in [-0.05, 0) is 56.3 Å². The molecule has 4 aliphatic carbocycles. The molecule has 0 saturated heterocycles. The van der Waals surface area contributed by atoms with Gasteiger partial charge in [-0.3, -0.25) is 9.89 Å². The average molecular weight is 204 g/mol. The molecule has 0 N–H and O–H groups in total. The first-order valence-corrected chi connectivity index (χ1v) is 6.57. The molecule has 5 aliphatic rings. The molecule has 4 fully saturated rings. The average Bonchev–Trinajstić information content (AvgIpc) is 2.67. The Morgan fingerprint density at radius 1 is 1.00 bits per heavy atom. The van der Waals surface area contributed by atoms with Crippen molar-refractivity contribution in [3.8, 4) is 0 Å². The van der Waals surface area contributed by atoms with Crippen LogP contribution in [0.4, 0.5) is 0 Å². The van der Waals surface area contributed by atoms with Gasteiger partial charge in [-0.2, -0.15) is 0 Å². The first-order chi connectivity index (χ1) is 7.34. The van der Waals surface area contributed by atoms with Crippen LogP contribution in [-0.4, -0.2) is 29.9 Å². The maximum Gasteiger partial charge on any atom is 0.0913 e. The molecule has 0 atom stereocenters. The number of aliphatic imine (C=N–C) groups is 1. The minimum Gasteiger partial charge on any atom is -0.281 e. The quantitative estimate of drug-likeness (QED) is 0.640. The monoisotopic (exact) mass is 204 g/mol. The summed E-state index contributed by atoms with van der Waals surface area (Å²) in [6.07, 6.45) is 11.2. The van der Waals surface area contributed by atoms with Gasteiger partial charge in [-0.25, -0.2) is 0 Å². The summed E-state index contributed by atoms with van der Waals surface area (Å²) in [4.78, 5) is 7.10. The highest BCUT2D eigenvalue weighted by atomic mass is 15.3. The molecule has 15 heavy (non-hydrogen) atoms. The van der Waals surface area contributed by atoms with Gasteiger partial charge in [-0.15, -0.1) is 0 Å². The van der Waals surface area contributed by atoms with E-state index in [2.05, 4.69) is 16.1 Å². The number of rotatable bonds is 1. The molecule has 4 bridgehead atoms. The Balaban J connectivity index is 1.65. The molecule has 2 nitrogen and oxygen atoms in total. The molecule has 4 saturated carbocycles. The third kappa shape index (κ3) is 1.17. The van der Waals surface area contributed by atoms with Crippen LogP contribution < -0.4 is 0 Å². The fourth-order valence-corrected chi connectivity index (χ4v) is 5.17. The Bertz CT molecular complexity index is 264. The summed E-state index contributed by atoms with van der Waals surface area (Å²) >= 11 is 0. The highest BCUT2D eigenvalue weighted by Crippen LogP contribution is 2.57. The first kappa shape index (κ1) is 8.74. The van der Waals surface area contributed by atoms with Crippen LogP contribution >= 0.6 is 0 Å². The van der Waals surface area contributed by atoms with Gasteiger partial charge in [0.05, 0.1) is 6.67 Å². The van der Waals surface area contributed by atoms with Crippen molar-refractivity contribution in [1.29, 1.82) is 0 Å². The summed E-state index contributed by atoms with van der Waals surface area (Å²) in [5.41, 5.74) is 0.589. The molecular formula is C13H20N2. The van der Waals surface area contributed by atoms with Crippen LogP contribution in [0.1, 0.15) is 38.5 Å². The van der Waals surface area contributed by atoms with E-state index in [4.69, 9.17) is 0 Å². The van der Waals surface area contributed by atoms with Crippen LogP contribution in [-0.2, 0) is 0 Å². The van der Waals surface area contributed by atoms with Gasteiger partial charge in [0, 0.05) is 18.3 Å². The highest BCUT2D eigenvalue weighted by molar-refractivity contribution is 5.61. The third-order valence-corrected chi connectivity index (χ3v) is 5.36. The van der Waals surface area contributed by atoms with E-state index in [1.54, 1.807) is 19.3 Å². The van der Waals surface area contributed by atoms with Crippen molar-refractivity contribution in [2.45, 2.75) is 44.1 Å². The molecular weight excluding hydrogens is 184 g/mol. The van der Waals surface area contributed by atoms with Crippen LogP contribution in [0, 0.1) is 17.8 Å². The maximum atomic E-state index is 4.42. The van der Waals surface area contributed by atoms with Crippen molar-refractivity contribution in [1.82, 2.24) is 4.90 Å². The largest absolute Gasteiger partial charge is 0.281 e. The summed E-state index contributed by atoms with van der Waals surface area (Å²) in [5.74, 6) is 3.20. The lowest BCUT2D eigenvalue weighted by Gasteiger charge is -2.59. The van der Waals surface area contributed by atoms with Crippen LogP contribution in [0.25, 0.3) is 0 Å². The van der Waals surface area contributed by atoms with Crippen molar-refractivity contribution < 1.29 is 0 Å². The normalized spacial score (nSPS) is 52.9. The van der Waals surface area contributed by atoms with Gasteiger partial charge in [0.25, 0.3) is 0 Å². The van der Waals surface area contributed by atoms with Gasteiger partial charge in [0.1, 0.15) is 0 Å². The Hall–Kier alpha value is -0.370. The van der Waals surface area contributed by atoms with Crippen LogP contribution in [0.3, 0.4) is 0 Å². The molecule has 1 heterocycles. The Kier molecular flexibility index (Phi) is 1.66. The summed E-state index contributed by atoms with van der Waals surface area (Å²) in [7, 11) is 0. The second-order valence-corrected chi connectivity index (χ2v) is 6.37. The standard InChI is InChI=1S/C13H20N2/c1-2-15(9-14-1)13-6-10-3-11(7-13)5-12(4-10)8-13/h1,10-12H,2-9H2. The highest BCUT2D eigenvalue weighted by Gasteiger charge is 2.53. The minimum absolute atomic E-state index is 0.589. The Morgan fingerprint density at radius 2 is 1.60 bits per heavy atom. The Morgan fingerprint density at radius 3 is 2.07 bits per heavy atom. The molecule has 5 rings (SSSR count). The van der Waals surface area contributed by atoms with Gasteiger partial charge in [0.2, 0.25) is 0 Å². The zero-order valence-electron chi connectivity index (χ0n) is 9.36. The third-order valence-electron chi connectivity index (χ3n) is 5.36. The second kappa shape index (κ2) is 2.85. The van der Waals surface area contributed by atoms with E-state index in [-0.39, 0.29) is 0 Å². The fourth-order valence-electron chi connectivity index (χ4n) is 5.17. The maximum absolute atomic E-state index is 4.42. The van der Waals surface area contributed by atoms with E-state index in [0.29, 0.717) is 5.54 Å². The lowest BCUT2D eigenvalue weighted by molar-refractivity contribution is -0.0792. The van der Waals surface area contributed by atoms with Crippen molar-refractivity contribution in [2.24, 2.45) is 22.7 Å². The topological polar surface area (TPSA) is 15.6 Å². The van der Waals surface area contributed by atoms with E-state index >= 15 is 0 Å². The SMILES string of the molecule is C1=NCN(C23CC4CC(CC(C4)C2)C3)C1. The number of hydrogen-bond donors (Lipinski definition) is 0. The van der Waals surface area contributed by atoms with Gasteiger partial charge in [-0.1, -0.05) is 0 Å². The molecule has 2 heteroatoms. The molecule has 82 valence electrons. The van der Waals surface area contributed by atoms with E-state index in [1.807, 2.05) is 0 Å². The van der Waals surface area contributed by atoms with Crippen LogP contribution in [0.15, 0.2) is 4.99 Å². The van der Waals surface area contributed by atoms with Crippen LogP contribution in [0.2, 0.25) is 0 Å². The van der Waals surface area contributed by atoms with Gasteiger partial charge >= 0.3 is 0 Å². The molecule has 0 aromatic heterocycles. The molecule has 0 unspecified atom stereocenters. The molecule has 0 spiro atoms. The number of nitrogens with zero attached hydrogens (tertiary/aromatic N) is 2. The minimum atomic E-state index is 0.589. The lowest BCUT2D eigenvalue weighted by atomic mass is 9.52. The number of hydrogen-bond acceptors (Lipinski definition) is 2. The summed E-state index contributed by atoms with van der Waals surface area (Å²) in [6, 6.07) is 0. The molecule has 0 aromatic carbocycles. The van der Waals surface area contributed by atoms with E-state index in [0.717, 1.165) is 31.0 Å². The zero-order valence-corrected chi connectivity index (χ0v) is 9.36. The van der Waals surface area contributed by atoms with Gasteiger partial charge < -0.3 is 0 Å². The van der Waals surface area contributed by atoms with E-state index < -0.39 is 0 Å². The predicted octanol–water partition coefficient (Wildman–Crippen LogP) is 2.30. The lowest BCUT2D eigenvalue weighted by Crippen LogP contribution is -2.59.